The topological polar surface area (TPSA) is 126 Å². The van der Waals surface area contributed by atoms with Crippen molar-refractivity contribution in [1.29, 1.82) is 5.26 Å². The van der Waals surface area contributed by atoms with E-state index in [-0.39, 0.29) is 11.4 Å². The zero-order valence-electron chi connectivity index (χ0n) is 9.94. The lowest BCUT2D eigenvalue weighted by atomic mass is 10.3. The number of benzene rings is 1. The Morgan fingerprint density at radius 1 is 1.37 bits per heavy atom. The Kier molecular flexibility index (Phi) is 3.29. The molecule has 0 spiro atoms. The molecule has 4 N–H and O–H groups in total. The van der Waals surface area contributed by atoms with Gasteiger partial charge in [-0.1, -0.05) is 0 Å². The van der Waals surface area contributed by atoms with Crippen LogP contribution in [0.5, 0.6) is 0 Å². The van der Waals surface area contributed by atoms with Gasteiger partial charge in [0.05, 0.1) is 16.7 Å². The zero-order valence-corrected chi connectivity index (χ0v) is 9.94. The van der Waals surface area contributed by atoms with Gasteiger partial charge in [-0.3, -0.25) is 10.2 Å². The van der Waals surface area contributed by atoms with E-state index in [9.17, 15) is 9.59 Å². The van der Waals surface area contributed by atoms with Crippen molar-refractivity contribution in [2.24, 2.45) is 5.10 Å². The Balaban J connectivity index is 2.26. The number of H-pyrrole nitrogens is 2. The van der Waals surface area contributed by atoms with Crippen LogP contribution >= 0.6 is 0 Å². The quantitative estimate of drug-likeness (QED) is 0.452. The largest absolute Gasteiger partial charge is 0.353 e. The third-order valence-corrected chi connectivity index (χ3v) is 2.36. The molecule has 8 nitrogen and oxygen atoms in total. The van der Waals surface area contributed by atoms with Crippen molar-refractivity contribution in [3.05, 3.63) is 28.7 Å². The highest BCUT2D eigenvalue weighted by Crippen LogP contribution is 2.14. The second kappa shape index (κ2) is 5.05. The van der Waals surface area contributed by atoms with Crippen LogP contribution in [-0.4, -0.2) is 28.6 Å². The lowest BCUT2D eigenvalue weighted by Crippen LogP contribution is -2.27. The number of rotatable bonds is 3. The average molecular weight is 258 g/mol. The summed E-state index contributed by atoms with van der Waals surface area (Å²) < 4.78 is 0. The van der Waals surface area contributed by atoms with Crippen molar-refractivity contribution >= 4 is 28.3 Å². The Hall–Kier alpha value is -3.08. The molecule has 0 fully saturated rings. The summed E-state index contributed by atoms with van der Waals surface area (Å²) in [5, 5.41) is 14.7. The number of nitriles is 1. The molecule has 0 saturated carbocycles. The zero-order chi connectivity index (χ0) is 13.8. The highest BCUT2D eigenvalue weighted by atomic mass is 16.2. The fourth-order valence-electron chi connectivity index (χ4n) is 1.47. The summed E-state index contributed by atoms with van der Waals surface area (Å²) in [6, 6.07) is 6.65. The van der Waals surface area contributed by atoms with Crippen molar-refractivity contribution < 1.29 is 4.79 Å². The molecular weight excluding hydrogens is 248 g/mol. The molecule has 0 aliphatic rings. The predicted octanol–water partition coefficient (Wildman–Crippen LogP) is -0.106. The molecule has 96 valence electrons. The van der Waals surface area contributed by atoms with Crippen LogP contribution in [0.4, 0.5) is 5.69 Å². The van der Waals surface area contributed by atoms with E-state index in [0.717, 1.165) is 0 Å². The van der Waals surface area contributed by atoms with Crippen LogP contribution in [0.2, 0.25) is 0 Å². The number of aromatic amines is 2. The van der Waals surface area contributed by atoms with Gasteiger partial charge in [-0.05, 0) is 18.2 Å². The van der Waals surface area contributed by atoms with Gasteiger partial charge < -0.3 is 15.3 Å². The summed E-state index contributed by atoms with van der Waals surface area (Å²) in [5.41, 5.74) is 3.79. The summed E-state index contributed by atoms with van der Waals surface area (Å²) in [6.45, 7) is 0. The number of imidazole rings is 1. The molecule has 0 aliphatic heterocycles. The van der Waals surface area contributed by atoms with E-state index in [1.807, 2.05) is 0 Å². The molecular formula is C11H10N6O2. The van der Waals surface area contributed by atoms with Crippen LogP contribution in [-0.2, 0) is 4.79 Å². The standard InChI is InChI=1S/C11H10N6O2/c1-13-10(18)9(5-12)17-16-6-2-3-7-8(4-6)15-11(19)14-7/h2-4,16H,1H3,(H,13,18)(H2,14,15,19)/b17-9-. The number of nitrogens with one attached hydrogen (secondary N) is 4. The van der Waals surface area contributed by atoms with Gasteiger partial charge >= 0.3 is 5.69 Å². The van der Waals surface area contributed by atoms with Crippen molar-refractivity contribution in [2.75, 3.05) is 12.5 Å². The van der Waals surface area contributed by atoms with E-state index in [2.05, 4.69) is 25.8 Å². The van der Waals surface area contributed by atoms with E-state index in [0.29, 0.717) is 16.7 Å². The Bertz CT molecular complexity index is 748. The van der Waals surface area contributed by atoms with Crippen LogP contribution in [0.3, 0.4) is 0 Å². The summed E-state index contributed by atoms with van der Waals surface area (Å²) in [4.78, 5) is 27.5. The fourth-order valence-corrected chi connectivity index (χ4v) is 1.47. The maximum atomic E-state index is 11.2. The van der Waals surface area contributed by atoms with Crippen LogP contribution in [0.15, 0.2) is 28.1 Å². The first-order valence-electron chi connectivity index (χ1n) is 5.32. The van der Waals surface area contributed by atoms with Gasteiger partial charge in [-0.15, -0.1) is 0 Å². The minimum Gasteiger partial charge on any atom is -0.353 e. The predicted molar refractivity (Wildman–Crippen MR) is 69.7 cm³/mol. The van der Waals surface area contributed by atoms with E-state index in [4.69, 9.17) is 5.26 Å². The molecule has 8 heteroatoms. The molecule has 0 radical (unpaired) electrons. The molecule has 1 amide bonds. The normalized spacial score (nSPS) is 11.1. The lowest BCUT2D eigenvalue weighted by molar-refractivity contribution is -0.114. The second-order valence-electron chi connectivity index (χ2n) is 3.60. The molecule has 19 heavy (non-hydrogen) atoms. The number of carbonyl (C=O) groups excluding carboxylic acids is 1. The number of nitrogens with zero attached hydrogens (tertiary/aromatic N) is 2. The van der Waals surface area contributed by atoms with E-state index < -0.39 is 5.91 Å². The number of anilines is 1. The number of hydrogen-bond donors (Lipinski definition) is 4. The monoisotopic (exact) mass is 258 g/mol. The third-order valence-electron chi connectivity index (χ3n) is 2.36. The number of hydrazone groups is 1. The van der Waals surface area contributed by atoms with Crippen molar-refractivity contribution in [3.8, 4) is 6.07 Å². The molecule has 0 unspecified atom stereocenters. The van der Waals surface area contributed by atoms with Crippen molar-refractivity contribution in [1.82, 2.24) is 15.3 Å². The Morgan fingerprint density at radius 2 is 2.11 bits per heavy atom. The van der Waals surface area contributed by atoms with E-state index in [1.165, 1.54) is 7.05 Å². The van der Waals surface area contributed by atoms with E-state index in [1.54, 1.807) is 24.3 Å². The SMILES string of the molecule is CNC(=O)/C(C#N)=N\Nc1ccc2[nH]c(=O)[nH]c2c1. The van der Waals surface area contributed by atoms with E-state index >= 15 is 0 Å². The van der Waals surface area contributed by atoms with Crippen molar-refractivity contribution in [3.63, 3.8) is 0 Å². The first-order chi connectivity index (χ1) is 9.13. The minimum atomic E-state index is -0.578. The summed E-state index contributed by atoms with van der Waals surface area (Å²) in [7, 11) is 1.41. The molecule has 1 aromatic heterocycles. The molecule has 0 saturated heterocycles. The van der Waals surface area contributed by atoms with Gasteiger partial charge in [0, 0.05) is 7.05 Å². The molecule has 2 rings (SSSR count). The van der Waals surface area contributed by atoms with Gasteiger partial charge in [-0.2, -0.15) is 10.4 Å². The summed E-state index contributed by atoms with van der Waals surface area (Å²) in [5.74, 6) is -0.578. The highest BCUT2D eigenvalue weighted by Gasteiger charge is 2.08. The first-order valence-corrected chi connectivity index (χ1v) is 5.32. The molecule has 0 atom stereocenters. The molecule has 1 heterocycles. The van der Waals surface area contributed by atoms with Gasteiger partial charge in [-0.25, -0.2) is 4.79 Å². The summed E-state index contributed by atoms with van der Waals surface area (Å²) >= 11 is 0. The van der Waals surface area contributed by atoms with Gasteiger partial charge in [0.2, 0.25) is 5.71 Å². The van der Waals surface area contributed by atoms with Gasteiger partial charge in [0.1, 0.15) is 6.07 Å². The molecule has 1 aromatic carbocycles. The van der Waals surface area contributed by atoms with Crippen LogP contribution in [0, 0.1) is 11.3 Å². The number of fused-ring (bicyclic) bond motifs is 1. The average Bonchev–Trinajstić information content (AvgIpc) is 2.78. The third kappa shape index (κ3) is 2.61. The molecule has 2 aromatic rings. The fraction of sp³-hybridized carbons (Fsp3) is 0.0909. The maximum Gasteiger partial charge on any atom is 0.323 e. The van der Waals surface area contributed by atoms with Gasteiger partial charge in [0.25, 0.3) is 5.91 Å². The highest BCUT2D eigenvalue weighted by molar-refractivity contribution is 6.45. The van der Waals surface area contributed by atoms with Crippen LogP contribution < -0.4 is 16.4 Å². The van der Waals surface area contributed by atoms with Crippen molar-refractivity contribution in [2.45, 2.75) is 0 Å². The molecule has 0 aliphatic carbocycles. The molecule has 0 bridgehead atoms. The second-order valence-corrected chi connectivity index (χ2v) is 3.60. The number of aromatic nitrogens is 2. The van der Waals surface area contributed by atoms with Gasteiger partial charge in [0.15, 0.2) is 0 Å². The number of carbonyl (C=O) groups is 1. The van der Waals surface area contributed by atoms with Crippen LogP contribution in [0.25, 0.3) is 11.0 Å². The first kappa shape index (κ1) is 12.4. The lowest BCUT2D eigenvalue weighted by Gasteiger charge is -2.01. The number of hydrogen-bond acceptors (Lipinski definition) is 5. The number of amides is 1. The Labute approximate surface area is 107 Å². The smallest absolute Gasteiger partial charge is 0.323 e. The minimum absolute atomic E-state index is 0.287. The Morgan fingerprint density at radius 3 is 2.79 bits per heavy atom. The maximum absolute atomic E-state index is 11.2. The van der Waals surface area contributed by atoms with Crippen LogP contribution in [0.1, 0.15) is 0 Å². The summed E-state index contributed by atoms with van der Waals surface area (Å²) in [6.07, 6.45) is 0.